The second-order valence-electron chi connectivity index (χ2n) is 5.41. The predicted molar refractivity (Wildman–Crippen MR) is 72.7 cm³/mol. The average molecular weight is 231 g/mol. The predicted octanol–water partition coefficient (Wildman–Crippen LogP) is 3.23. The van der Waals surface area contributed by atoms with Gasteiger partial charge in [0.15, 0.2) is 0 Å². The van der Waals surface area contributed by atoms with Gasteiger partial charge in [-0.15, -0.1) is 0 Å². The van der Waals surface area contributed by atoms with Crippen molar-refractivity contribution in [1.29, 1.82) is 5.26 Å². The van der Waals surface area contributed by atoms with E-state index in [1.165, 1.54) is 0 Å². The van der Waals surface area contributed by atoms with Gasteiger partial charge in [0.05, 0.1) is 23.0 Å². The van der Waals surface area contributed by atoms with Crippen LogP contribution in [0.4, 0.5) is 11.4 Å². The molecule has 0 aliphatic carbocycles. The maximum absolute atomic E-state index is 8.85. The number of nitriles is 1. The van der Waals surface area contributed by atoms with E-state index in [0.717, 1.165) is 12.2 Å². The summed E-state index contributed by atoms with van der Waals surface area (Å²) in [5.41, 5.74) is 8.23. The van der Waals surface area contributed by atoms with E-state index in [2.05, 4.69) is 39.1 Å². The molecule has 0 bridgehead atoms. The topological polar surface area (TPSA) is 61.8 Å². The summed E-state index contributed by atoms with van der Waals surface area (Å²) in [5, 5.41) is 12.2. The first kappa shape index (κ1) is 13.4. The number of anilines is 2. The third-order valence-electron chi connectivity index (χ3n) is 3.48. The summed E-state index contributed by atoms with van der Waals surface area (Å²) in [6, 6.07) is 7.41. The van der Waals surface area contributed by atoms with Crippen molar-refractivity contribution in [1.82, 2.24) is 0 Å². The van der Waals surface area contributed by atoms with Crippen LogP contribution < -0.4 is 11.1 Å². The molecular formula is C14H21N3. The Morgan fingerprint density at radius 3 is 2.59 bits per heavy atom. The average Bonchev–Trinajstić information content (AvgIpc) is 2.28. The molecule has 0 unspecified atom stereocenters. The van der Waals surface area contributed by atoms with E-state index < -0.39 is 0 Å². The fraction of sp³-hybridized carbons (Fsp3) is 0.500. The van der Waals surface area contributed by atoms with Gasteiger partial charge in [0.1, 0.15) is 0 Å². The van der Waals surface area contributed by atoms with Crippen molar-refractivity contribution in [2.75, 3.05) is 17.6 Å². The Labute approximate surface area is 104 Å². The van der Waals surface area contributed by atoms with Gasteiger partial charge in [0.2, 0.25) is 0 Å². The molecule has 0 saturated heterocycles. The number of nitrogens with two attached hydrogens (primary N) is 1. The third kappa shape index (κ3) is 3.39. The van der Waals surface area contributed by atoms with Crippen molar-refractivity contribution in [3.8, 4) is 6.07 Å². The molecule has 3 heteroatoms. The molecular weight excluding hydrogens is 210 g/mol. The highest BCUT2D eigenvalue weighted by molar-refractivity contribution is 5.68. The fourth-order valence-corrected chi connectivity index (χ4v) is 1.31. The van der Waals surface area contributed by atoms with Crippen LogP contribution in [0.15, 0.2) is 18.2 Å². The molecule has 3 N–H and O–H groups in total. The van der Waals surface area contributed by atoms with Crippen molar-refractivity contribution >= 4 is 11.4 Å². The maximum atomic E-state index is 8.85. The normalized spacial score (nSPS) is 11.3. The summed E-state index contributed by atoms with van der Waals surface area (Å²) in [6.07, 6.45) is 0. The van der Waals surface area contributed by atoms with Crippen LogP contribution in [0.25, 0.3) is 0 Å². The van der Waals surface area contributed by atoms with Gasteiger partial charge in [-0.1, -0.05) is 27.7 Å². The van der Waals surface area contributed by atoms with Crippen molar-refractivity contribution in [2.24, 2.45) is 11.3 Å². The smallest absolute Gasteiger partial charge is 0.0992 e. The Bertz CT molecular complexity index is 428. The molecule has 1 rings (SSSR count). The van der Waals surface area contributed by atoms with Gasteiger partial charge in [-0.25, -0.2) is 0 Å². The molecule has 0 saturated carbocycles. The first-order chi connectivity index (χ1) is 7.86. The molecule has 17 heavy (non-hydrogen) atoms. The first-order valence-corrected chi connectivity index (χ1v) is 5.90. The molecule has 1 aromatic rings. The molecule has 0 atom stereocenters. The van der Waals surface area contributed by atoms with E-state index in [-0.39, 0.29) is 5.41 Å². The Kier molecular flexibility index (Phi) is 4.01. The zero-order valence-corrected chi connectivity index (χ0v) is 11.0. The van der Waals surface area contributed by atoms with Crippen LogP contribution in [0.3, 0.4) is 0 Å². The van der Waals surface area contributed by atoms with Crippen LogP contribution in [0, 0.1) is 22.7 Å². The van der Waals surface area contributed by atoms with E-state index >= 15 is 0 Å². The molecule has 0 fully saturated rings. The minimum absolute atomic E-state index is 0.190. The van der Waals surface area contributed by atoms with Gasteiger partial charge in [0.25, 0.3) is 0 Å². The van der Waals surface area contributed by atoms with Crippen LogP contribution in [0.2, 0.25) is 0 Å². The van der Waals surface area contributed by atoms with Gasteiger partial charge < -0.3 is 11.1 Å². The van der Waals surface area contributed by atoms with E-state index in [9.17, 15) is 0 Å². The van der Waals surface area contributed by atoms with Gasteiger partial charge in [-0.05, 0) is 29.5 Å². The molecule has 0 spiro atoms. The number of benzene rings is 1. The van der Waals surface area contributed by atoms with Crippen molar-refractivity contribution in [3.63, 3.8) is 0 Å². The molecule has 0 aliphatic heterocycles. The lowest BCUT2D eigenvalue weighted by Gasteiger charge is -2.30. The van der Waals surface area contributed by atoms with E-state index in [1.807, 2.05) is 0 Å². The van der Waals surface area contributed by atoms with E-state index in [4.69, 9.17) is 11.0 Å². The van der Waals surface area contributed by atoms with E-state index in [0.29, 0.717) is 17.2 Å². The summed E-state index contributed by atoms with van der Waals surface area (Å²) in [6.45, 7) is 9.68. The van der Waals surface area contributed by atoms with Crippen molar-refractivity contribution < 1.29 is 0 Å². The molecule has 0 aliphatic rings. The van der Waals surface area contributed by atoms with Crippen LogP contribution >= 0.6 is 0 Å². The Morgan fingerprint density at radius 1 is 1.41 bits per heavy atom. The molecule has 0 heterocycles. The summed E-state index contributed by atoms with van der Waals surface area (Å²) in [4.78, 5) is 0. The number of hydrogen-bond donors (Lipinski definition) is 2. The molecule has 0 amide bonds. The minimum atomic E-state index is 0.190. The lowest BCUT2D eigenvalue weighted by Crippen LogP contribution is -2.28. The zero-order valence-electron chi connectivity index (χ0n) is 11.0. The van der Waals surface area contributed by atoms with Gasteiger partial charge in [0, 0.05) is 6.54 Å². The van der Waals surface area contributed by atoms with Crippen LogP contribution in [-0.4, -0.2) is 6.54 Å². The molecule has 0 aromatic heterocycles. The van der Waals surface area contributed by atoms with Crippen molar-refractivity contribution in [2.45, 2.75) is 27.7 Å². The molecule has 1 aromatic carbocycles. The Morgan fingerprint density at radius 2 is 2.06 bits per heavy atom. The van der Waals surface area contributed by atoms with Crippen LogP contribution in [0.1, 0.15) is 33.3 Å². The molecule has 92 valence electrons. The van der Waals surface area contributed by atoms with Gasteiger partial charge in [-0.2, -0.15) is 5.26 Å². The summed E-state index contributed by atoms with van der Waals surface area (Å²) in [5.74, 6) is 0.579. The number of nitrogen functional groups attached to an aromatic ring is 1. The fourth-order valence-electron chi connectivity index (χ4n) is 1.31. The lowest BCUT2D eigenvalue weighted by atomic mass is 9.81. The third-order valence-corrected chi connectivity index (χ3v) is 3.48. The molecule has 3 nitrogen and oxygen atoms in total. The Hall–Kier alpha value is -1.69. The van der Waals surface area contributed by atoms with Crippen LogP contribution in [-0.2, 0) is 0 Å². The number of rotatable bonds is 4. The summed E-state index contributed by atoms with van der Waals surface area (Å²) >= 11 is 0. The lowest BCUT2D eigenvalue weighted by molar-refractivity contribution is 0.270. The SMILES string of the molecule is CC(C)C(C)(C)CNc1cc(C#N)ccc1N. The van der Waals surface area contributed by atoms with Gasteiger partial charge in [-0.3, -0.25) is 0 Å². The number of hydrogen-bond acceptors (Lipinski definition) is 3. The molecule has 0 radical (unpaired) electrons. The minimum Gasteiger partial charge on any atom is -0.397 e. The summed E-state index contributed by atoms with van der Waals surface area (Å²) in [7, 11) is 0. The second kappa shape index (κ2) is 5.09. The van der Waals surface area contributed by atoms with Gasteiger partial charge >= 0.3 is 0 Å². The van der Waals surface area contributed by atoms with Crippen LogP contribution in [0.5, 0.6) is 0 Å². The number of nitrogens with one attached hydrogen (secondary N) is 1. The van der Waals surface area contributed by atoms with Crippen molar-refractivity contribution in [3.05, 3.63) is 23.8 Å². The highest BCUT2D eigenvalue weighted by Gasteiger charge is 2.22. The standard InChI is InChI=1S/C14H21N3/c1-10(2)14(3,4)9-17-13-7-11(8-15)5-6-12(13)16/h5-7,10,17H,9,16H2,1-4H3. The summed E-state index contributed by atoms with van der Waals surface area (Å²) < 4.78 is 0. The second-order valence-corrected chi connectivity index (χ2v) is 5.41. The number of nitrogens with zero attached hydrogens (tertiary/aromatic N) is 1. The highest BCUT2D eigenvalue weighted by Crippen LogP contribution is 2.28. The zero-order chi connectivity index (χ0) is 13.1. The quantitative estimate of drug-likeness (QED) is 0.782. The monoisotopic (exact) mass is 231 g/mol. The largest absolute Gasteiger partial charge is 0.397 e. The first-order valence-electron chi connectivity index (χ1n) is 5.90. The van der Waals surface area contributed by atoms with E-state index in [1.54, 1.807) is 18.2 Å². The Balaban J connectivity index is 2.79. The highest BCUT2D eigenvalue weighted by atomic mass is 14.9. The maximum Gasteiger partial charge on any atom is 0.0992 e.